The van der Waals surface area contributed by atoms with E-state index in [9.17, 15) is 0 Å². The molecular formula is C17H21N3. The molecule has 0 radical (unpaired) electrons. The van der Waals surface area contributed by atoms with Gasteiger partial charge in [0.05, 0.1) is 5.84 Å². The largest absolute Gasteiger partial charge is 0.387 e. The van der Waals surface area contributed by atoms with Crippen LogP contribution >= 0.6 is 0 Å². The van der Waals surface area contributed by atoms with Crippen molar-refractivity contribution in [2.45, 2.75) is 19.4 Å². The Bertz CT molecular complexity index is 607. The smallest absolute Gasteiger partial charge is 0.0937 e. The highest BCUT2D eigenvalue weighted by molar-refractivity contribution is 5.85. The predicted molar refractivity (Wildman–Crippen MR) is 83.9 cm³/mol. The first kappa shape index (κ1) is 13.1. The first-order valence-corrected chi connectivity index (χ1v) is 7.27. The molecule has 1 saturated heterocycles. The molecule has 104 valence electrons. The molecule has 0 bridgehead atoms. The van der Waals surface area contributed by atoms with Gasteiger partial charge in [0.25, 0.3) is 0 Å². The Morgan fingerprint density at radius 3 is 2.55 bits per heavy atom. The minimum Gasteiger partial charge on any atom is -0.387 e. The van der Waals surface area contributed by atoms with Crippen molar-refractivity contribution in [1.82, 2.24) is 4.90 Å². The summed E-state index contributed by atoms with van der Waals surface area (Å²) in [6.07, 6.45) is 2.03. The van der Waals surface area contributed by atoms with E-state index in [4.69, 9.17) is 11.1 Å². The maximum atomic E-state index is 7.54. The summed E-state index contributed by atoms with van der Waals surface area (Å²) in [5.41, 5.74) is 7.00. The van der Waals surface area contributed by atoms with Gasteiger partial charge in [-0.3, -0.25) is 10.3 Å². The summed E-state index contributed by atoms with van der Waals surface area (Å²) in [7, 11) is 0. The molecule has 0 aromatic heterocycles. The number of hydrogen-bond acceptors (Lipinski definition) is 2. The number of nitrogens with one attached hydrogen (secondary N) is 1. The number of rotatable bonds is 3. The van der Waals surface area contributed by atoms with Crippen molar-refractivity contribution < 1.29 is 0 Å². The molecule has 2 aromatic carbocycles. The Hall–Kier alpha value is -1.87. The molecular weight excluding hydrogens is 246 g/mol. The number of benzene rings is 2. The molecule has 0 spiro atoms. The maximum Gasteiger partial charge on any atom is 0.0937 e. The molecule has 20 heavy (non-hydrogen) atoms. The summed E-state index contributed by atoms with van der Waals surface area (Å²) >= 11 is 0. The summed E-state index contributed by atoms with van der Waals surface area (Å²) < 4.78 is 0. The molecule has 1 heterocycles. The molecule has 1 aliphatic rings. The second-order valence-electron chi connectivity index (χ2n) is 5.64. The van der Waals surface area contributed by atoms with E-state index in [-0.39, 0.29) is 0 Å². The standard InChI is InChI=1S/C17H21N3/c18-17(19)14-8-10-20(11-9-14)12-15-6-3-5-13-4-1-2-7-16(13)15/h1-7,14H,8-12H2,(H3,18,19). The van der Waals surface area contributed by atoms with Crippen LogP contribution < -0.4 is 5.73 Å². The fraction of sp³-hybridized carbons (Fsp3) is 0.353. The highest BCUT2D eigenvalue weighted by atomic mass is 15.1. The van der Waals surface area contributed by atoms with Crippen molar-refractivity contribution in [3.8, 4) is 0 Å². The lowest BCUT2D eigenvalue weighted by Crippen LogP contribution is -2.37. The molecule has 3 nitrogen and oxygen atoms in total. The number of nitrogens with zero attached hydrogens (tertiary/aromatic N) is 1. The molecule has 0 unspecified atom stereocenters. The lowest BCUT2D eigenvalue weighted by atomic mass is 9.95. The van der Waals surface area contributed by atoms with Crippen LogP contribution in [-0.4, -0.2) is 23.8 Å². The molecule has 0 amide bonds. The Balaban J connectivity index is 1.73. The fourth-order valence-corrected chi connectivity index (χ4v) is 3.07. The predicted octanol–water partition coefficient (Wildman–Crippen LogP) is 2.99. The Morgan fingerprint density at radius 1 is 1.10 bits per heavy atom. The minimum absolute atomic E-state index is 0.291. The number of nitrogens with two attached hydrogens (primary N) is 1. The zero-order valence-electron chi connectivity index (χ0n) is 11.7. The highest BCUT2D eigenvalue weighted by Crippen LogP contribution is 2.23. The quantitative estimate of drug-likeness (QED) is 0.663. The van der Waals surface area contributed by atoms with Crippen LogP contribution in [0.2, 0.25) is 0 Å². The van der Waals surface area contributed by atoms with Gasteiger partial charge in [0.1, 0.15) is 0 Å². The fourth-order valence-electron chi connectivity index (χ4n) is 3.07. The van der Waals surface area contributed by atoms with E-state index in [1.807, 2.05) is 0 Å². The van der Waals surface area contributed by atoms with Gasteiger partial charge in [-0.1, -0.05) is 42.5 Å². The third-order valence-corrected chi connectivity index (χ3v) is 4.30. The third-order valence-electron chi connectivity index (χ3n) is 4.30. The van der Waals surface area contributed by atoms with E-state index in [0.717, 1.165) is 32.5 Å². The molecule has 1 aliphatic heterocycles. The molecule has 3 N–H and O–H groups in total. The van der Waals surface area contributed by atoms with Gasteiger partial charge in [0.15, 0.2) is 0 Å². The summed E-state index contributed by atoms with van der Waals surface area (Å²) in [5.74, 6) is 0.647. The molecule has 0 atom stereocenters. The Kier molecular flexibility index (Phi) is 3.70. The molecule has 3 heteroatoms. The van der Waals surface area contributed by atoms with Crippen molar-refractivity contribution in [3.63, 3.8) is 0 Å². The number of likely N-dealkylation sites (tertiary alicyclic amines) is 1. The highest BCUT2D eigenvalue weighted by Gasteiger charge is 2.21. The first-order chi connectivity index (χ1) is 9.74. The van der Waals surface area contributed by atoms with Crippen molar-refractivity contribution in [2.24, 2.45) is 11.7 Å². The van der Waals surface area contributed by atoms with E-state index in [0.29, 0.717) is 11.8 Å². The van der Waals surface area contributed by atoms with Gasteiger partial charge in [-0.05, 0) is 42.3 Å². The van der Waals surface area contributed by atoms with Crippen LogP contribution in [0.5, 0.6) is 0 Å². The monoisotopic (exact) mass is 267 g/mol. The van der Waals surface area contributed by atoms with Gasteiger partial charge >= 0.3 is 0 Å². The van der Waals surface area contributed by atoms with Crippen molar-refractivity contribution >= 4 is 16.6 Å². The second kappa shape index (κ2) is 5.63. The summed E-state index contributed by atoms with van der Waals surface area (Å²) in [5, 5.41) is 10.2. The molecule has 0 saturated carbocycles. The summed E-state index contributed by atoms with van der Waals surface area (Å²) in [4.78, 5) is 2.47. The maximum absolute atomic E-state index is 7.54. The lowest BCUT2D eigenvalue weighted by Gasteiger charge is -2.31. The normalized spacial score (nSPS) is 17.4. The average molecular weight is 267 g/mol. The van der Waals surface area contributed by atoms with E-state index in [2.05, 4.69) is 47.4 Å². The topological polar surface area (TPSA) is 53.1 Å². The van der Waals surface area contributed by atoms with Gasteiger partial charge in [-0.2, -0.15) is 0 Å². The minimum atomic E-state index is 0.291. The van der Waals surface area contributed by atoms with E-state index in [1.165, 1.54) is 16.3 Å². The average Bonchev–Trinajstić information content (AvgIpc) is 2.48. The van der Waals surface area contributed by atoms with E-state index in [1.54, 1.807) is 0 Å². The first-order valence-electron chi connectivity index (χ1n) is 7.27. The van der Waals surface area contributed by atoms with Gasteiger partial charge in [0, 0.05) is 12.5 Å². The van der Waals surface area contributed by atoms with Crippen LogP contribution in [0.3, 0.4) is 0 Å². The van der Waals surface area contributed by atoms with Gasteiger partial charge in [-0.15, -0.1) is 0 Å². The number of hydrogen-bond donors (Lipinski definition) is 2. The second-order valence-corrected chi connectivity index (χ2v) is 5.64. The van der Waals surface area contributed by atoms with Crippen LogP contribution in [0.1, 0.15) is 18.4 Å². The molecule has 2 aromatic rings. The van der Waals surface area contributed by atoms with Gasteiger partial charge < -0.3 is 5.73 Å². The van der Waals surface area contributed by atoms with Crippen molar-refractivity contribution in [1.29, 1.82) is 5.41 Å². The van der Waals surface area contributed by atoms with E-state index >= 15 is 0 Å². The summed E-state index contributed by atoms with van der Waals surface area (Å²) in [6, 6.07) is 15.1. The van der Waals surface area contributed by atoms with Crippen LogP contribution in [0.15, 0.2) is 42.5 Å². The third kappa shape index (κ3) is 2.68. The Morgan fingerprint density at radius 2 is 1.80 bits per heavy atom. The van der Waals surface area contributed by atoms with Gasteiger partial charge in [-0.25, -0.2) is 0 Å². The van der Waals surface area contributed by atoms with Crippen LogP contribution in [0, 0.1) is 11.3 Å². The SMILES string of the molecule is N=C(N)C1CCN(Cc2cccc3ccccc23)CC1. The Labute approximate surface area is 119 Å². The number of amidine groups is 1. The van der Waals surface area contributed by atoms with Crippen molar-refractivity contribution in [3.05, 3.63) is 48.0 Å². The van der Waals surface area contributed by atoms with Crippen LogP contribution in [-0.2, 0) is 6.54 Å². The molecule has 0 aliphatic carbocycles. The molecule has 1 fully saturated rings. The number of fused-ring (bicyclic) bond motifs is 1. The zero-order chi connectivity index (χ0) is 13.9. The number of piperidine rings is 1. The zero-order valence-corrected chi connectivity index (χ0v) is 11.7. The van der Waals surface area contributed by atoms with Crippen LogP contribution in [0.4, 0.5) is 0 Å². The van der Waals surface area contributed by atoms with Crippen LogP contribution in [0.25, 0.3) is 10.8 Å². The lowest BCUT2D eigenvalue weighted by molar-refractivity contribution is 0.202. The van der Waals surface area contributed by atoms with E-state index < -0.39 is 0 Å². The van der Waals surface area contributed by atoms with Gasteiger partial charge in [0.2, 0.25) is 0 Å². The van der Waals surface area contributed by atoms with Crippen molar-refractivity contribution in [2.75, 3.05) is 13.1 Å². The molecule has 3 rings (SSSR count). The summed E-state index contributed by atoms with van der Waals surface area (Å²) in [6.45, 7) is 3.06.